The second-order valence-electron chi connectivity index (χ2n) is 6.78. The van der Waals surface area contributed by atoms with Gasteiger partial charge in [0.1, 0.15) is 11.4 Å². The van der Waals surface area contributed by atoms with Crippen LogP contribution in [0.2, 0.25) is 0 Å². The molecule has 0 atom stereocenters. The molecule has 0 aliphatic carbocycles. The maximum Gasteiger partial charge on any atom is 0.341 e. The van der Waals surface area contributed by atoms with Crippen molar-refractivity contribution in [2.45, 2.75) is 6.42 Å². The van der Waals surface area contributed by atoms with Gasteiger partial charge in [0.2, 0.25) is 5.43 Å². The fourth-order valence-corrected chi connectivity index (χ4v) is 3.44. The largest absolute Gasteiger partial charge is 0.477 e. The first-order chi connectivity index (χ1) is 14.0. The molecule has 0 radical (unpaired) electrons. The molecular formula is C20H18F2N4O3. The lowest BCUT2D eigenvalue weighted by Crippen LogP contribution is -2.30. The van der Waals surface area contributed by atoms with Crippen molar-refractivity contribution in [3.8, 4) is 5.69 Å². The Bertz CT molecular complexity index is 1140. The Balaban J connectivity index is 1.99. The van der Waals surface area contributed by atoms with Gasteiger partial charge < -0.3 is 19.9 Å². The Kier molecular flexibility index (Phi) is 4.98. The fourth-order valence-electron chi connectivity index (χ4n) is 3.44. The van der Waals surface area contributed by atoms with E-state index in [0.29, 0.717) is 25.3 Å². The zero-order chi connectivity index (χ0) is 20.5. The number of aromatic carboxylic acids is 1. The number of carbonyl (C=O) groups is 1. The molecule has 1 saturated heterocycles. The van der Waals surface area contributed by atoms with Gasteiger partial charge in [0.25, 0.3) is 0 Å². The highest BCUT2D eigenvalue weighted by Crippen LogP contribution is 2.24. The maximum absolute atomic E-state index is 14.9. The van der Waals surface area contributed by atoms with E-state index >= 15 is 0 Å². The van der Waals surface area contributed by atoms with Crippen LogP contribution >= 0.6 is 0 Å². The van der Waals surface area contributed by atoms with Gasteiger partial charge in [-0.3, -0.25) is 4.79 Å². The Morgan fingerprint density at radius 2 is 1.90 bits per heavy atom. The van der Waals surface area contributed by atoms with Crippen LogP contribution < -0.4 is 15.6 Å². The fraction of sp³-hybridized carbons (Fsp3) is 0.250. The van der Waals surface area contributed by atoms with E-state index < -0.39 is 28.6 Å². The number of nitrogens with zero attached hydrogens (tertiary/aromatic N) is 3. The topological polar surface area (TPSA) is 87.5 Å². The van der Waals surface area contributed by atoms with Gasteiger partial charge in [-0.05, 0) is 43.3 Å². The molecule has 9 heteroatoms. The molecule has 0 unspecified atom stereocenters. The van der Waals surface area contributed by atoms with Gasteiger partial charge in [0.05, 0.1) is 5.39 Å². The van der Waals surface area contributed by atoms with E-state index in [0.717, 1.165) is 25.2 Å². The summed E-state index contributed by atoms with van der Waals surface area (Å²) in [5.41, 5.74) is -0.821. The highest BCUT2D eigenvalue weighted by atomic mass is 19.1. The number of pyridine rings is 2. The average Bonchev–Trinajstić information content (AvgIpc) is 2.98. The minimum Gasteiger partial charge on any atom is -0.477 e. The first-order valence-electron chi connectivity index (χ1n) is 9.16. The summed E-state index contributed by atoms with van der Waals surface area (Å²) in [6, 6.07) is 6.33. The SMILES string of the molecule is O=C(O)c1cn(-c2ccc(F)cc2)c2nc(N3CCCNCC3)c(F)cc2c1=O. The molecule has 1 aliphatic heterocycles. The molecule has 1 aromatic carbocycles. The van der Waals surface area contributed by atoms with E-state index in [1.54, 1.807) is 4.90 Å². The minimum absolute atomic E-state index is 0.0968. The molecule has 7 nitrogen and oxygen atoms in total. The Morgan fingerprint density at radius 3 is 2.62 bits per heavy atom. The number of carboxylic acids is 1. The second kappa shape index (κ2) is 7.59. The van der Waals surface area contributed by atoms with E-state index in [-0.39, 0.29) is 16.9 Å². The van der Waals surface area contributed by atoms with E-state index in [2.05, 4.69) is 10.3 Å². The standard InChI is InChI=1S/C20H18F2N4O3/c21-12-2-4-13(5-3-12)26-11-15(20(28)29)17(27)14-10-16(22)19(24-18(14)26)25-8-1-6-23-7-9-25/h2-5,10-11,23H,1,6-9H2,(H,28,29). The zero-order valence-corrected chi connectivity index (χ0v) is 15.4. The highest BCUT2D eigenvalue weighted by Gasteiger charge is 2.22. The molecule has 1 fully saturated rings. The molecular weight excluding hydrogens is 382 g/mol. The van der Waals surface area contributed by atoms with Gasteiger partial charge in [0, 0.05) is 31.5 Å². The van der Waals surface area contributed by atoms with Gasteiger partial charge in [-0.2, -0.15) is 0 Å². The minimum atomic E-state index is -1.43. The van der Waals surface area contributed by atoms with Crippen LogP contribution in [0.25, 0.3) is 16.7 Å². The van der Waals surface area contributed by atoms with E-state index in [1.165, 1.54) is 28.8 Å². The van der Waals surface area contributed by atoms with Crippen molar-refractivity contribution >= 4 is 22.8 Å². The van der Waals surface area contributed by atoms with Gasteiger partial charge in [-0.15, -0.1) is 0 Å². The molecule has 0 saturated carbocycles. The first-order valence-corrected chi connectivity index (χ1v) is 9.16. The van der Waals surface area contributed by atoms with E-state index in [9.17, 15) is 23.5 Å². The predicted molar refractivity (Wildman–Crippen MR) is 104 cm³/mol. The van der Waals surface area contributed by atoms with Crippen molar-refractivity contribution in [3.05, 3.63) is 63.9 Å². The van der Waals surface area contributed by atoms with Crippen LogP contribution in [0.4, 0.5) is 14.6 Å². The van der Waals surface area contributed by atoms with Crippen molar-refractivity contribution in [3.63, 3.8) is 0 Å². The molecule has 1 aliphatic rings. The number of aromatic nitrogens is 2. The third kappa shape index (κ3) is 3.56. The second-order valence-corrected chi connectivity index (χ2v) is 6.78. The summed E-state index contributed by atoms with van der Waals surface area (Å²) >= 11 is 0. The summed E-state index contributed by atoms with van der Waals surface area (Å²) in [5.74, 6) is -2.49. The molecule has 3 heterocycles. The van der Waals surface area contributed by atoms with Gasteiger partial charge in [-0.1, -0.05) is 0 Å². The number of hydrogen-bond donors (Lipinski definition) is 2. The summed E-state index contributed by atoms with van der Waals surface area (Å²) < 4.78 is 29.6. The zero-order valence-electron chi connectivity index (χ0n) is 15.4. The van der Waals surface area contributed by atoms with Crippen LogP contribution in [0.5, 0.6) is 0 Å². The van der Waals surface area contributed by atoms with Crippen molar-refractivity contribution in [2.75, 3.05) is 31.1 Å². The third-order valence-electron chi connectivity index (χ3n) is 4.89. The lowest BCUT2D eigenvalue weighted by atomic mass is 10.1. The molecule has 4 rings (SSSR count). The third-order valence-corrected chi connectivity index (χ3v) is 4.89. The van der Waals surface area contributed by atoms with Crippen molar-refractivity contribution in [2.24, 2.45) is 0 Å². The molecule has 0 bridgehead atoms. The monoisotopic (exact) mass is 400 g/mol. The summed E-state index contributed by atoms with van der Waals surface area (Å²) in [6.07, 6.45) is 1.95. The maximum atomic E-state index is 14.9. The van der Waals surface area contributed by atoms with Gasteiger partial charge >= 0.3 is 5.97 Å². The van der Waals surface area contributed by atoms with E-state index in [1.807, 2.05) is 0 Å². The number of carboxylic acid groups (broad SMARTS) is 1. The number of nitrogens with one attached hydrogen (secondary N) is 1. The van der Waals surface area contributed by atoms with Crippen LogP contribution in [0.3, 0.4) is 0 Å². The number of benzene rings is 1. The van der Waals surface area contributed by atoms with Gasteiger partial charge in [0.15, 0.2) is 17.3 Å². The number of fused-ring (bicyclic) bond motifs is 1. The molecule has 2 N–H and O–H groups in total. The number of rotatable bonds is 3. The number of hydrogen-bond acceptors (Lipinski definition) is 5. The summed E-state index contributed by atoms with van der Waals surface area (Å²) in [4.78, 5) is 30.3. The molecule has 0 amide bonds. The highest BCUT2D eigenvalue weighted by molar-refractivity contribution is 5.92. The van der Waals surface area contributed by atoms with Crippen LogP contribution in [-0.2, 0) is 0 Å². The number of halogens is 2. The van der Waals surface area contributed by atoms with Crippen molar-refractivity contribution in [1.29, 1.82) is 0 Å². The lowest BCUT2D eigenvalue weighted by Gasteiger charge is -2.22. The Morgan fingerprint density at radius 1 is 1.14 bits per heavy atom. The van der Waals surface area contributed by atoms with Crippen molar-refractivity contribution in [1.82, 2.24) is 14.9 Å². The quantitative estimate of drug-likeness (QED) is 0.701. The smallest absolute Gasteiger partial charge is 0.341 e. The molecule has 3 aromatic rings. The van der Waals surface area contributed by atoms with E-state index in [4.69, 9.17) is 0 Å². The number of anilines is 1. The summed E-state index contributed by atoms with van der Waals surface area (Å²) in [6.45, 7) is 2.62. The van der Waals surface area contributed by atoms with Gasteiger partial charge in [-0.25, -0.2) is 18.6 Å². The predicted octanol–water partition coefficient (Wildman–Crippen LogP) is 2.16. The first kappa shape index (κ1) is 19.0. The molecule has 2 aromatic heterocycles. The van der Waals surface area contributed by atoms with Crippen LogP contribution in [-0.4, -0.2) is 46.8 Å². The van der Waals surface area contributed by atoms with Crippen LogP contribution in [0, 0.1) is 11.6 Å². The van der Waals surface area contributed by atoms with Crippen LogP contribution in [0.15, 0.2) is 41.3 Å². The average molecular weight is 400 g/mol. The molecule has 29 heavy (non-hydrogen) atoms. The Hall–Kier alpha value is -3.33. The Labute approximate surface area is 164 Å². The summed E-state index contributed by atoms with van der Waals surface area (Å²) in [7, 11) is 0. The van der Waals surface area contributed by atoms with Crippen molar-refractivity contribution < 1.29 is 18.7 Å². The summed E-state index contributed by atoms with van der Waals surface area (Å²) in [5, 5.41) is 12.5. The normalized spacial score (nSPS) is 14.8. The molecule has 0 spiro atoms. The lowest BCUT2D eigenvalue weighted by molar-refractivity contribution is 0.0695. The van der Waals surface area contributed by atoms with Crippen LogP contribution in [0.1, 0.15) is 16.8 Å². The molecule has 150 valence electrons.